The lowest BCUT2D eigenvalue weighted by molar-refractivity contribution is 0.136. The third kappa shape index (κ3) is 4.36. The van der Waals surface area contributed by atoms with Crippen LogP contribution in [0.3, 0.4) is 0 Å². The van der Waals surface area contributed by atoms with E-state index in [9.17, 15) is 0 Å². The third-order valence-corrected chi connectivity index (χ3v) is 6.50. The van der Waals surface area contributed by atoms with Crippen LogP contribution in [-0.4, -0.2) is 10.4 Å². The van der Waals surface area contributed by atoms with Crippen molar-refractivity contribution in [2.45, 2.75) is 65.6 Å². The van der Waals surface area contributed by atoms with Crippen molar-refractivity contribution in [1.82, 2.24) is 4.90 Å². The van der Waals surface area contributed by atoms with Gasteiger partial charge in [0.2, 0.25) is 0 Å². The second-order valence-electron chi connectivity index (χ2n) is 9.19. The Morgan fingerprint density at radius 2 is 1.31 bits per heavy atom. The molecule has 0 radical (unpaired) electrons. The predicted molar refractivity (Wildman–Crippen MR) is 116 cm³/mol. The van der Waals surface area contributed by atoms with Crippen molar-refractivity contribution < 1.29 is 0 Å². The maximum absolute atomic E-state index is 2.51. The Bertz CT molecular complexity index is 819. The van der Waals surface area contributed by atoms with Gasteiger partial charge in [0.1, 0.15) is 0 Å². The standard InChI is InChI=1S/C12H17N.C12H14S/c1-12(2,3)13-8-10-6-4-5-7-11(10)9-13;1-12(2,3)11-8-9-6-4-5-7-10(9)13-11/h4-7H,8-9H2,1-3H3;4-8H,1-3H3. The zero-order chi connectivity index (χ0) is 18.9. The number of nitrogens with zero attached hydrogens (tertiary/aromatic N) is 1. The molecular weight excluding hydrogens is 334 g/mol. The van der Waals surface area contributed by atoms with Gasteiger partial charge in [-0.25, -0.2) is 0 Å². The van der Waals surface area contributed by atoms with E-state index in [-0.39, 0.29) is 5.41 Å². The van der Waals surface area contributed by atoms with Gasteiger partial charge < -0.3 is 0 Å². The van der Waals surface area contributed by atoms with Crippen molar-refractivity contribution in [2.75, 3.05) is 0 Å². The minimum Gasteiger partial charge on any atom is -0.290 e. The Kier molecular flexibility index (Phi) is 5.28. The number of hydrogen-bond acceptors (Lipinski definition) is 2. The van der Waals surface area contributed by atoms with E-state index in [4.69, 9.17) is 0 Å². The van der Waals surface area contributed by atoms with Crippen LogP contribution in [0.2, 0.25) is 0 Å². The highest BCUT2D eigenvalue weighted by Crippen LogP contribution is 2.33. The molecule has 1 nitrogen and oxygen atoms in total. The van der Waals surface area contributed by atoms with Gasteiger partial charge in [-0.3, -0.25) is 4.90 Å². The maximum atomic E-state index is 2.51. The molecular formula is C24H31NS. The van der Waals surface area contributed by atoms with E-state index in [0.717, 1.165) is 13.1 Å². The van der Waals surface area contributed by atoms with Gasteiger partial charge in [-0.2, -0.15) is 0 Å². The van der Waals surface area contributed by atoms with Crippen LogP contribution in [0.1, 0.15) is 57.5 Å². The van der Waals surface area contributed by atoms with Gasteiger partial charge in [0.05, 0.1) is 0 Å². The molecule has 26 heavy (non-hydrogen) atoms. The first kappa shape index (κ1) is 19.1. The van der Waals surface area contributed by atoms with Crippen molar-refractivity contribution in [2.24, 2.45) is 0 Å². The molecule has 2 aromatic carbocycles. The molecule has 4 rings (SSSR count). The average Bonchev–Trinajstić information content (AvgIpc) is 3.19. The predicted octanol–water partition coefficient (Wildman–Crippen LogP) is 7.00. The van der Waals surface area contributed by atoms with Gasteiger partial charge in [0.25, 0.3) is 0 Å². The lowest BCUT2D eigenvalue weighted by Crippen LogP contribution is -2.36. The van der Waals surface area contributed by atoms with Crippen LogP contribution in [0.25, 0.3) is 10.1 Å². The molecule has 0 saturated carbocycles. The summed E-state index contributed by atoms with van der Waals surface area (Å²) in [6, 6.07) is 19.6. The fourth-order valence-corrected chi connectivity index (χ4v) is 4.28. The topological polar surface area (TPSA) is 3.24 Å². The summed E-state index contributed by atoms with van der Waals surface area (Å²) >= 11 is 1.90. The highest BCUT2D eigenvalue weighted by molar-refractivity contribution is 7.19. The first-order valence-electron chi connectivity index (χ1n) is 9.45. The van der Waals surface area contributed by atoms with Crippen LogP contribution in [0.4, 0.5) is 0 Å². The summed E-state index contributed by atoms with van der Waals surface area (Å²) in [5.41, 5.74) is 3.57. The van der Waals surface area contributed by atoms with E-state index in [1.165, 1.54) is 26.1 Å². The molecule has 0 N–H and O–H groups in total. The van der Waals surface area contributed by atoms with Crippen molar-refractivity contribution in [1.29, 1.82) is 0 Å². The Labute approximate surface area is 162 Å². The van der Waals surface area contributed by atoms with Crippen LogP contribution < -0.4 is 0 Å². The van der Waals surface area contributed by atoms with E-state index < -0.39 is 0 Å². The minimum absolute atomic E-state index is 0.281. The molecule has 1 aliphatic rings. The summed E-state index contributed by atoms with van der Waals surface area (Å²) < 4.78 is 1.40. The molecule has 0 bridgehead atoms. The second-order valence-corrected chi connectivity index (χ2v) is 10.3. The summed E-state index contributed by atoms with van der Waals surface area (Å²) in [5.74, 6) is 0. The van der Waals surface area contributed by atoms with Crippen LogP contribution >= 0.6 is 11.3 Å². The highest BCUT2D eigenvalue weighted by Gasteiger charge is 2.27. The number of rotatable bonds is 0. The number of thiophene rings is 1. The summed E-state index contributed by atoms with van der Waals surface area (Å²) in [7, 11) is 0. The fourth-order valence-electron chi connectivity index (χ4n) is 3.16. The first-order valence-corrected chi connectivity index (χ1v) is 10.3. The summed E-state index contributed by atoms with van der Waals surface area (Å²) in [6.07, 6.45) is 0. The summed E-state index contributed by atoms with van der Waals surface area (Å²) in [5, 5.41) is 1.37. The SMILES string of the molecule is CC(C)(C)N1Cc2ccccc2C1.CC(C)(C)c1cc2ccccc2s1. The summed E-state index contributed by atoms with van der Waals surface area (Å²) in [6.45, 7) is 15.8. The molecule has 1 aliphatic heterocycles. The van der Waals surface area contributed by atoms with Crippen molar-refractivity contribution in [3.8, 4) is 0 Å². The van der Waals surface area contributed by atoms with Crippen molar-refractivity contribution in [3.63, 3.8) is 0 Å². The Hall–Kier alpha value is -1.64. The van der Waals surface area contributed by atoms with Gasteiger partial charge in [0.15, 0.2) is 0 Å². The largest absolute Gasteiger partial charge is 0.290 e. The van der Waals surface area contributed by atoms with Gasteiger partial charge in [0, 0.05) is 28.2 Å². The lowest BCUT2D eigenvalue weighted by atomic mass is 9.94. The monoisotopic (exact) mass is 365 g/mol. The molecule has 0 aliphatic carbocycles. The molecule has 1 aromatic heterocycles. The number of fused-ring (bicyclic) bond motifs is 2. The average molecular weight is 366 g/mol. The van der Waals surface area contributed by atoms with Crippen LogP contribution in [0.15, 0.2) is 54.6 Å². The van der Waals surface area contributed by atoms with Gasteiger partial charge >= 0.3 is 0 Å². The van der Waals surface area contributed by atoms with E-state index in [1.807, 2.05) is 11.3 Å². The van der Waals surface area contributed by atoms with Gasteiger partial charge in [-0.15, -0.1) is 11.3 Å². The Morgan fingerprint density at radius 1 is 0.769 bits per heavy atom. The van der Waals surface area contributed by atoms with E-state index >= 15 is 0 Å². The molecule has 0 spiro atoms. The Balaban J connectivity index is 0.000000151. The number of benzene rings is 2. The minimum atomic E-state index is 0.281. The maximum Gasteiger partial charge on any atom is 0.0345 e. The zero-order valence-corrected chi connectivity index (χ0v) is 17.8. The van der Waals surface area contributed by atoms with Crippen LogP contribution in [0, 0.1) is 0 Å². The zero-order valence-electron chi connectivity index (χ0n) is 17.0. The van der Waals surface area contributed by atoms with E-state index in [0.29, 0.717) is 5.54 Å². The normalized spacial score (nSPS) is 14.8. The van der Waals surface area contributed by atoms with E-state index in [2.05, 4.69) is 101 Å². The molecule has 0 saturated heterocycles. The third-order valence-electron chi connectivity index (χ3n) is 4.95. The molecule has 2 heteroatoms. The molecule has 3 aromatic rings. The molecule has 138 valence electrons. The van der Waals surface area contributed by atoms with Crippen molar-refractivity contribution in [3.05, 3.63) is 70.6 Å². The van der Waals surface area contributed by atoms with Gasteiger partial charge in [-0.1, -0.05) is 63.2 Å². The molecule has 0 fully saturated rings. The number of hydrogen-bond donors (Lipinski definition) is 0. The molecule has 2 heterocycles. The molecule has 0 unspecified atom stereocenters. The second kappa shape index (κ2) is 7.17. The summed E-state index contributed by atoms with van der Waals surface area (Å²) in [4.78, 5) is 3.98. The molecule has 0 atom stereocenters. The highest BCUT2D eigenvalue weighted by atomic mass is 32.1. The van der Waals surface area contributed by atoms with Crippen LogP contribution in [0.5, 0.6) is 0 Å². The molecule has 0 amide bonds. The van der Waals surface area contributed by atoms with Crippen LogP contribution in [-0.2, 0) is 18.5 Å². The fraction of sp³-hybridized carbons (Fsp3) is 0.417. The smallest absolute Gasteiger partial charge is 0.0345 e. The first-order chi connectivity index (χ1) is 12.1. The Morgan fingerprint density at radius 3 is 1.81 bits per heavy atom. The lowest BCUT2D eigenvalue weighted by Gasteiger charge is -2.31. The van der Waals surface area contributed by atoms with Gasteiger partial charge in [-0.05, 0) is 54.8 Å². The van der Waals surface area contributed by atoms with E-state index in [1.54, 1.807) is 0 Å². The quantitative estimate of drug-likeness (QED) is 0.414. The van der Waals surface area contributed by atoms with Crippen molar-refractivity contribution >= 4 is 21.4 Å².